The van der Waals surface area contributed by atoms with E-state index in [2.05, 4.69) is 5.32 Å². The average molecular weight is 354 g/mol. The molecule has 1 fully saturated rings. The zero-order valence-electron chi connectivity index (χ0n) is 14.7. The third kappa shape index (κ3) is 4.21. The largest absolute Gasteiger partial charge is 0.478 e. The molecule has 2 N–H and O–H groups in total. The van der Waals surface area contributed by atoms with Gasteiger partial charge in [0, 0.05) is 30.9 Å². The molecule has 0 radical (unpaired) electrons. The van der Waals surface area contributed by atoms with Crippen molar-refractivity contribution in [1.29, 1.82) is 0 Å². The first kappa shape index (κ1) is 17.9. The maximum atomic E-state index is 12.6. The van der Waals surface area contributed by atoms with E-state index in [1.54, 1.807) is 24.3 Å². The molecule has 26 heavy (non-hydrogen) atoms. The van der Waals surface area contributed by atoms with E-state index in [0.717, 1.165) is 16.8 Å². The minimum atomic E-state index is -0.935. The van der Waals surface area contributed by atoms with Crippen LogP contribution in [0.15, 0.2) is 42.5 Å². The van der Waals surface area contributed by atoms with Gasteiger partial charge in [0.25, 0.3) is 5.91 Å². The summed E-state index contributed by atoms with van der Waals surface area (Å²) in [6.45, 7) is 4.93. The second-order valence-electron chi connectivity index (χ2n) is 6.29. The summed E-state index contributed by atoms with van der Waals surface area (Å²) in [6, 6.07) is 12.4. The van der Waals surface area contributed by atoms with Crippen LogP contribution in [0.2, 0.25) is 0 Å². The number of carboxylic acids is 1. The smallest absolute Gasteiger partial charge is 0.335 e. The maximum absolute atomic E-state index is 12.6. The number of anilines is 1. The standard InChI is InChI=1S/C20H22N2O4/c1-14-2-5-17(19(23)22-8-10-26-11-9-22)12-18(14)21-13-15-3-6-16(7-4-15)20(24)25/h2-7,12,21H,8-11,13H2,1H3,(H,24,25). The minimum absolute atomic E-state index is 0.0159. The predicted octanol–water partition coefficient (Wildman–Crippen LogP) is 2.78. The van der Waals surface area contributed by atoms with Crippen molar-refractivity contribution in [1.82, 2.24) is 4.90 Å². The maximum Gasteiger partial charge on any atom is 0.335 e. The molecule has 0 aliphatic carbocycles. The molecule has 136 valence electrons. The number of benzene rings is 2. The highest BCUT2D eigenvalue weighted by Gasteiger charge is 2.19. The summed E-state index contributed by atoms with van der Waals surface area (Å²) in [6.07, 6.45) is 0. The monoisotopic (exact) mass is 354 g/mol. The van der Waals surface area contributed by atoms with E-state index in [9.17, 15) is 9.59 Å². The van der Waals surface area contributed by atoms with Gasteiger partial charge in [-0.15, -0.1) is 0 Å². The number of carbonyl (C=O) groups is 2. The highest BCUT2D eigenvalue weighted by Crippen LogP contribution is 2.20. The first-order valence-corrected chi connectivity index (χ1v) is 8.58. The van der Waals surface area contributed by atoms with E-state index in [1.807, 2.05) is 30.0 Å². The van der Waals surface area contributed by atoms with Crippen LogP contribution in [0.3, 0.4) is 0 Å². The number of nitrogens with one attached hydrogen (secondary N) is 1. The Labute approximate surface area is 152 Å². The fraction of sp³-hybridized carbons (Fsp3) is 0.300. The number of morpholine rings is 1. The SMILES string of the molecule is Cc1ccc(C(=O)N2CCOCC2)cc1NCc1ccc(C(=O)O)cc1. The number of hydrogen-bond donors (Lipinski definition) is 2. The number of carbonyl (C=O) groups excluding carboxylic acids is 1. The van der Waals surface area contributed by atoms with Crippen LogP contribution in [0.4, 0.5) is 5.69 Å². The van der Waals surface area contributed by atoms with Crippen molar-refractivity contribution in [3.05, 3.63) is 64.7 Å². The molecule has 2 aromatic carbocycles. The van der Waals surface area contributed by atoms with E-state index in [1.165, 1.54) is 0 Å². The van der Waals surface area contributed by atoms with Gasteiger partial charge in [-0.2, -0.15) is 0 Å². The van der Waals surface area contributed by atoms with Crippen molar-refractivity contribution in [2.45, 2.75) is 13.5 Å². The van der Waals surface area contributed by atoms with Crippen LogP contribution in [0.1, 0.15) is 31.8 Å². The van der Waals surface area contributed by atoms with E-state index in [-0.39, 0.29) is 11.5 Å². The Kier molecular flexibility index (Phi) is 5.53. The molecule has 1 heterocycles. The van der Waals surface area contributed by atoms with Gasteiger partial charge in [-0.25, -0.2) is 4.79 Å². The molecule has 0 unspecified atom stereocenters. The van der Waals surface area contributed by atoms with Gasteiger partial charge in [-0.1, -0.05) is 18.2 Å². The predicted molar refractivity (Wildman–Crippen MR) is 98.6 cm³/mol. The van der Waals surface area contributed by atoms with Crippen LogP contribution in [-0.4, -0.2) is 48.2 Å². The van der Waals surface area contributed by atoms with E-state index < -0.39 is 5.97 Å². The number of rotatable bonds is 5. The lowest BCUT2D eigenvalue weighted by molar-refractivity contribution is 0.0303. The summed E-state index contributed by atoms with van der Waals surface area (Å²) in [5.41, 5.74) is 3.83. The fourth-order valence-corrected chi connectivity index (χ4v) is 2.86. The van der Waals surface area contributed by atoms with Crippen LogP contribution in [0.5, 0.6) is 0 Å². The molecule has 0 atom stereocenters. The summed E-state index contributed by atoms with van der Waals surface area (Å²) >= 11 is 0. The minimum Gasteiger partial charge on any atom is -0.478 e. The molecular formula is C20H22N2O4. The van der Waals surface area contributed by atoms with Gasteiger partial charge >= 0.3 is 5.97 Å². The van der Waals surface area contributed by atoms with Crippen LogP contribution < -0.4 is 5.32 Å². The lowest BCUT2D eigenvalue weighted by Gasteiger charge is -2.27. The van der Waals surface area contributed by atoms with Gasteiger partial charge in [0.05, 0.1) is 18.8 Å². The van der Waals surface area contributed by atoms with Gasteiger partial charge in [0.1, 0.15) is 0 Å². The number of aryl methyl sites for hydroxylation is 1. The number of nitrogens with zero attached hydrogens (tertiary/aromatic N) is 1. The fourth-order valence-electron chi connectivity index (χ4n) is 2.86. The Morgan fingerprint density at radius 1 is 1.08 bits per heavy atom. The Morgan fingerprint density at radius 2 is 1.73 bits per heavy atom. The summed E-state index contributed by atoms with van der Waals surface area (Å²) < 4.78 is 5.30. The van der Waals surface area contributed by atoms with E-state index >= 15 is 0 Å². The second-order valence-corrected chi connectivity index (χ2v) is 6.29. The number of ether oxygens (including phenoxy) is 1. The van der Waals surface area contributed by atoms with Gasteiger partial charge in [-0.3, -0.25) is 4.79 Å². The van der Waals surface area contributed by atoms with E-state index in [4.69, 9.17) is 9.84 Å². The lowest BCUT2D eigenvalue weighted by Crippen LogP contribution is -2.40. The molecule has 3 rings (SSSR count). The Morgan fingerprint density at radius 3 is 2.38 bits per heavy atom. The van der Waals surface area contributed by atoms with Crippen molar-refractivity contribution in [3.63, 3.8) is 0 Å². The quantitative estimate of drug-likeness (QED) is 0.863. The topological polar surface area (TPSA) is 78.9 Å². The van der Waals surface area contributed by atoms with Gasteiger partial charge in [0.2, 0.25) is 0 Å². The average Bonchev–Trinajstić information content (AvgIpc) is 2.68. The Bertz CT molecular complexity index is 796. The Balaban J connectivity index is 1.69. The third-order valence-electron chi connectivity index (χ3n) is 4.47. The molecular weight excluding hydrogens is 332 g/mol. The van der Waals surface area contributed by atoms with Crippen molar-refractivity contribution >= 4 is 17.6 Å². The highest BCUT2D eigenvalue weighted by atomic mass is 16.5. The molecule has 0 bridgehead atoms. The van der Waals surface area contributed by atoms with Crippen LogP contribution in [-0.2, 0) is 11.3 Å². The molecule has 1 aliphatic heterocycles. The van der Waals surface area contributed by atoms with Crippen molar-refractivity contribution in [2.75, 3.05) is 31.6 Å². The second kappa shape index (κ2) is 8.01. The van der Waals surface area contributed by atoms with Crippen LogP contribution >= 0.6 is 0 Å². The zero-order chi connectivity index (χ0) is 18.5. The normalized spacial score (nSPS) is 14.1. The van der Waals surface area contributed by atoms with Gasteiger partial charge in [-0.05, 0) is 42.3 Å². The number of hydrogen-bond acceptors (Lipinski definition) is 4. The summed E-state index contributed by atoms with van der Waals surface area (Å²) in [7, 11) is 0. The number of carboxylic acid groups (broad SMARTS) is 1. The molecule has 2 aromatic rings. The summed E-state index contributed by atoms with van der Waals surface area (Å²) in [4.78, 5) is 25.3. The van der Waals surface area contributed by atoms with Crippen LogP contribution in [0, 0.1) is 6.92 Å². The third-order valence-corrected chi connectivity index (χ3v) is 4.47. The molecule has 1 amide bonds. The van der Waals surface area contributed by atoms with Gasteiger partial charge < -0.3 is 20.1 Å². The molecule has 6 nitrogen and oxygen atoms in total. The zero-order valence-corrected chi connectivity index (χ0v) is 14.7. The van der Waals surface area contributed by atoms with Crippen LogP contribution in [0.25, 0.3) is 0 Å². The molecule has 0 aromatic heterocycles. The molecule has 1 aliphatic rings. The van der Waals surface area contributed by atoms with Crippen molar-refractivity contribution < 1.29 is 19.4 Å². The van der Waals surface area contributed by atoms with E-state index in [0.29, 0.717) is 38.4 Å². The summed E-state index contributed by atoms with van der Waals surface area (Å²) in [5, 5.41) is 12.3. The van der Waals surface area contributed by atoms with Crippen molar-refractivity contribution in [3.8, 4) is 0 Å². The highest BCUT2D eigenvalue weighted by molar-refractivity contribution is 5.95. The Hall–Kier alpha value is -2.86. The van der Waals surface area contributed by atoms with Crippen molar-refractivity contribution in [2.24, 2.45) is 0 Å². The lowest BCUT2D eigenvalue weighted by atomic mass is 10.1. The molecule has 0 spiro atoms. The molecule has 6 heteroatoms. The summed E-state index contributed by atoms with van der Waals surface area (Å²) in [5.74, 6) is -0.920. The van der Waals surface area contributed by atoms with Gasteiger partial charge in [0.15, 0.2) is 0 Å². The first-order chi connectivity index (χ1) is 12.5. The number of aromatic carboxylic acids is 1. The first-order valence-electron chi connectivity index (χ1n) is 8.58. The molecule has 1 saturated heterocycles. The number of amides is 1. The molecule has 0 saturated carbocycles.